The molecule has 1 aromatic carbocycles. The average molecular weight is 291 g/mol. The molecule has 0 unspecified atom stereocenters. The summed E-state index contributed by atoms with van der Waals surface area (Å²) in [6, 6.07) is 5.89. The first kappa shape index (κ1) is 15.5. The second kappa shape index (κ2) is 7.76. The van der Waals surface area contributed by atoms with Crippen molar-refractivity contribution in [2.24, 2.45) is 4.99 Å². The Hall–Kier alpha value is -1.91. The van der Waals surface area contributed by atoms with Crippen molar-refractivity contribution in [1.82, 2.24) is 10.2 Å². The van der Waals surface area contributed by atoms with Crippen LogP contribution in [0.15, 0.2) is 23.2 Å². The zero-order valence-electron chi connectivity index (χ0n) is 13.2. The Kier molecular flexibility index (Phi) is 5.72. The first-order valence-electron chi connectivity index (χ1n) is 7.53. The molecule has 1 saturated heterocycles. The van der Waals surface area contributed by atoms with Crippen molar-refractivity contribution in [2.45, 2.75) is 26.3 Å². The Morgan fingerprint density at radius 3 is 2.62 bits per heavy atom. The molecule has 1 heterocycles. The molecule has 1 aromatic rings. The van der Waals surface area contributed by atoms with Gasteiger partial charge in [-0.1, -0.05) is 12.1 Å². The summed E-state index contributed by atoms with van der Waals surface area (Å²) in [5, 5.41) is 3.36. The van der Waals surface area contributed by atoms with E-state index in [0.29, 0.717) is 6.54 Å². The molecule has 0 amide bonds. The number of benzene rings is 1. The number of nitrogens with one attached hydrogen (secondary N) is 1. The summed E-state index contributed by atoms with van der Waals surface area (Å²) in [5.41, 5.74) is 1.03. The molecule has 0 atom stereocenters. The molecular formula is C16H25N3O2. The van der Waals surface area contributed by atoms with E-state index in [-0.39, 0.29) is 0 Å². The number of para-hydroxylation sites is 1. The third-order valence-electron chi connectivity index (χ3n) is 3.62. The maximum atomic E-state index is 5.46. The van der Waals surface area contributed by atoms with Crippen LogP contribution in [0.3, 0.4) is 0 Å². The second-order valence-corrected chi connectivity index (χ2v) is 5.02. The zero-order valence-corrected chi connectivity index (χ0v) is 13.2. The van der Waals surface area contributed by atoms with Crippen LogP contribution in [0.4, 0.5) is 0 Å². The number of hydrogen-bond acceptors (Lipinski definition) is 3. The third kappa shape index (κ3) is 3.80. The topological polar surface area (TPSA) is 46.1 Å². The summed E-state index contributed by atoms with van der Waals surface area (Å²) in [4.78, 5) is 7.06. The Balaban J connectivity index is 2.17. The van der Waals surface area contributed by atoms with E-state index in [1.165, 1.54) is 12.8 Å². The lowest BCUT2D eigenvalue weighted by atomic mass is 10.2. The molecule has 0 aromatic heterocycles. The van der Waals surface area contributed by atoms with E-state index >= 15 is 0 Å². The van der Waals surface area contributed by atoms with Gasteiger partial charge in [-0.25, -0.2) is 4.99 Å². The molecule has 1 fully saturated rings. The van der Waals surface area contributed by atoms with Crippen LogP contribution in [0, 0.1) is 0 Å². The Bertz CT molecular complexity index is 482. The molecule has 0 saturated carbocycles. The molecule has 0 aliphatic carbocycles. The van der Waals surface area contributed by atoms with Crippen molar-refractivity contribution in [3.63, 3.8) is 0 Å². The monoisotopic (exact) mass is 291 g/mol. The van der Waals surface area contributed by atoms with E-state index in [2.05, 4.69) is 17.1 Å². The number of methoxy groups -OCH3 is 2. The Labute approximate surface area is 127 Å². The summed E-state index contributed by atoms with van der Waals surface area (Å²) in [7, 11) is 3.32. The standard InChI is InChI=1S/C16H25N3O2/c1-4-17-16(19-10-5-6-11-19)18-12-13-8-7-9-14(20-2)15(13)21-3/h7-9H,4-6,10-12H2,1-3H3,(H,17,18). The molecular weight excluding hydrogens is 266 g/mol. The van der Waals surface area contributed by atoms with Gasteiger partial charge >= 0.3 is 0 Å². The first-order chi connectivity index (χ1) is 10.3. The summed E-state index contributed by atoms with van der Waals surface area (Å²) in [6.07, 6.45) is 2.49. The number of likely N-dealkylation sites (tertiary alicyclic amines) is 1. The number of ether oxygens (including phenoxy) is 2. The molecule has 1 N–H and O–H groups in total. The van der Waals surface area contributed by atoms with E-state index in [1.807, 2.05) is 18.2 Å². The lowest BCUT2D eigenvalue weighted by Gasteiger charge is -2.21. The smallest absolute Gasteiger partial charge is 0.194 e. The van der Waals surface area contributed by atoms with E-state index in [9.17, 15) is 0 Å². The quantitative estimate of drug-likeness (QED) is 0.668. The van der Waals surface area contributed by atoms with Gasteiger partial charge in [0.1, 0.15) is 0 Å². The van der Waals surface area contributed by atoms with E-state index in [4.69, 9.17) is 14.5 Å². The van der Waals surface area contributed by atoms with Crippen LogP contribution < -0.4 is 14.8 Å². The Morgan fingerprint density at radius 1 is 1.24 bits per heavy atom. The first-order valence-corrected chi connectivity index (χ1v) is 7.53. The number of aliphatic imine (C=N–C) groups is 1. The van der Waals surface area contributed by atoms with Crippen LogP contribution in [-0.4, -0.2) is 44.7 Å². The number of rotatable bonds is 5. The van der Waals surface area contributed by atoms with E-state index in [0.717, 1.165) is 42.7 Å². The zero-order chi connectivity index (χ0) is 15.1. The van der Waals surface area contributed by atoms with Crippen LogP contribution in [0.5, 0.6) is 11.5 Å². The van der Waals surface area contributed by atoms with Crippen LogP contribution in [0.25, 0.3) is 0 Å². The summed E-state index contributed by atoms with van der Waals surface area (Å²) in [5.74, 6) is 2.50. The Morgan fingerprint density at radius 2 is 2.00 bits per heavy atom. The predicted octanol–water partition coefficient (Wildman–Crippen LogP) is 2.27. The molecule has 0 radical (unpaired) electrons. The van der Waals surface area contributed by atoms with Gasteiger partial charge in [0.25, 0.3) is 0 Å². The molecule has 1 aliphatic heterocycles. The van der Waals surface area contributed by atoms with Crippen molar-refractivity contribution in [2.75, 3.05) is 33.9 Å². The van der Waals surface area contributed by atoms with Crippen LogP contribution in [0.1, 0.15) is 25.3 Å². The number of guanidine groups is 1. The maximum Gasteiger partial charge on any atom is 0.194 e. The highest BCUT2D eigenvalue weighted by Gasteiger charge is 2.16. The fourth-order valence-electron chi connectivity index (χ4n) is 2.59. The maximum absolute atomic E-state index is 5.46. The largest absolute Gasteiger partial charge is 0.493 e. The normalized spacial score (nSPS) is 15.2. The minimum Gasteiger partial charge on any atom is -0.493 e. The van der Waals surface area contributed by atoms with Gasteiger partial charge in [0.15, 0.2) is 17.5 Å². The van der Waals surface area contributed by atoms with Gasteiger partial charge in [0.05, 0.1) is 20.8 Å². The van der Waals surface area contributed by atoms with Gasteiger partial charge in [-0.2, -0.15) is 0 Å². The minimum absolute atomic E-state index is 0.583. The molecule has 5 heteroatoms. The van der Waals surface area contributed by atoms with Gasteiger partial charge in [-0.05, 0) is 25.8 Å². The molecule has 5 nitrogen and oxygen atoms in total. The lowest BCUT2D eigenvalue weighted by molar-refractivity contribution is 0.351. The van der Waals surface area contributed by atoms with Crippen LogP contribution >= 0.6 is 0 Å². The number of hydrogen-bond donors (Lipinski definition) is 1. The minimum atomic E-state index is 0.583. The van der Waals surface area contributed by atoms with Gasteiger partial charge in [0, 0.05) is 25.2 Å². The predicted molar refractivity (Wildman–Crippen MR) is 85.2 cm³/mol. The summed E-state index contributed by atoms with van der Waals surface area (Å²) >= 11 is 0. The highest BCUT2D eigenvalue weighted by molar-refractivity contribution is 5.80. The second-order valence-electron chi connectivity index (χ2n) is 5.02. The lowest BCUT2D eigenvalue weighted by Crippen LogP contribution is -2.39. The van der Waals surface area contributed by atoms with E-state index < -0.39 is 0 Å². The fraction of sp³-hybridized carbons (Fsp3) is 0.562. The van der Waals surface area contributed by atoms with Crippen molar-refractivity contribution < 1.29 is 9.47 Å². The molecule has 0 spiro atoms. The number of nitrogens with zero attached hydrogens (tertiary/aromatic N) is 2. The van der Waals surface area contributed by atoms with Crippen molar-refractivity contribution in [1.29, 1.82) is 0 Å². The van der Waals surface area contributed by atoms with Crippen LogP contribution in [-0.2, 0) is 6.54 Å². The SMILES string of the molecule is CCNC(=NCc1cccc(OC)c1OC)N1CCCC1. The van der Waals surface area contributed by atoms with Gasteiger partial charge in [0.2, 0.25) is 0 Å². The van der Waals surface area contributed by atoms with Crippen molar-refractivity contribution in [3.05, 3.63) is 23.8 Å². The third-order valence-corrected chi connectivity index (χ3v) is 3.62. The summed E-state index contributed by atoms with van der Waals surface area (Å²) < 4.78 is 10.8. The van der Waals surface area contributed by atoms with E-state index in [1.54, 1.807) is 14.2 Å². The molecule has 2 rings (SSSR count). The average Bonchev–Trinajstić information content (AvgIpc) is 3.05. The van der Waals surface area contributed by atoms with Crippen molar-refractivity contribution >= 4 is 5.96 Å². The van der Waals surface area contributed by atoms with Gasteiger partial charge in [-0.15, -0.1) is 0 Å². The van der Waals surface area contributed by atoms with Crippen molar-refractivity contribution in [3.8, 4) is 11.5 Å². The fourth-order valence-corrected chi connectivity index (χ4v) is 2.59. The molecule has 116 valence electrons. The van der Waals surface area contributed by atoms with Crippen LogP contribution in [0.2, 0.25) is 0 Å². The van der Waals surface area contributed by atoms with Gasteiger partial charge < -0.3 is 19.7 Å². The summed E-state index contributed by atoms with van der Waals surface area (Å²) in [6.45, 7) is 5.73. The molecule has 1 aliphatic rings. The molecule has 0 bridgehead atoms. The highest BCUT2D eigenvalue weighted by atomic mass is 16.5. The molecule has 21 heavy (non-hydrogen) atoms. The van der Waals surface area contributed by atoms with Gasteiger partial charge in [-0.3, -0.25) is 0 Å². The highest BCUT2D eigenvalue weighted by Crippen LogP contribution is 2.31.